The third kappa shape index (κ3) is 3.19. The van der Waals surface area contributed by atoms with E-state index >= 15 is 4.39 Å². The highest BCUT2D eigenvalue weighted by Gasteiger charge is 2.24. The molecular formula is C24H20F2N6O3. The van der Waals surface area contributed by atoms with E-state index in [9.17, 15) is 19.1 Å². The summed E-state index contributed by atoms with van der Waals surface area (Å²) in [7, 11) is 6.71. The molecule has 0 aliphatic carbocycles. The van der Waals surface area contributed by atoms with E-state index in [1.165, 1.54) is 23.0 Å². The van der Waals surface area contributed by atoms with Crippen molar-refractivity contribution in [2.45, 2.75) is 0 Å². The highest BCUT2D eigenvalue weighted by Crippen LogP contribution is 2.42. The summed E-state index contributed by atoms with van der Waals surface area (Å²) in [4.78, 5) is 38.0. The molecule has 4 heterocycles. The summed E-state index contributed by atoms with van der Waals surface area (Å²) >= 11 is 0. The van der Waals surface area contributed by atoms with Crippen molar-refractivity contribution in [2.24, 2.45) is 7.05 Å². The maximum atomic E-state index is 15.1. The molecule has 0 bridgehead atoms. The molecule has 5 aromatic rings. The van der Waals surface area contributed by atoms with Gasteiger partial charge in [-0.2, -0.15) is 0 Å². The standard InChI is InChI=1S/C24H20F2N6O3/c1-27-15-6-14(25)18(26)16-17-20(31(2)3)12(8-28-22(17)30-19(15)16)10-5-11-21(33)13(24(34)35)9-32(4)23(11)29-7-10/h5-9,27H,1-4H3,(H,28,30)(H,34,35). The summed E-state index contributed by atoms with van der Waals surface area (Å²) in [6.07, 6.45) is 4.30. The zero-order valence-electron chi connectivity index (χ0n) is 19.2. The number of nitrogens with zero attached hydrogens (tertiary/aromatic N) is 4. The molecule has 0 fully saturated rings. The molecule has 0 atom stereocenters. The number of rotatable bonds is 4. The Balaban J connectivity index is 1.90. The number of H-pyrrole nitrogens is 1. The lowest BCUT2D eigenvalue weighted by Gasteiger charge is -2.19. The zero-order valence-corrected chi connectivity index (χ0v) is 19.2. The average Bonchev–Trinajstić information content (AvgIpc) is 3.22. The van der Waals surface area contributed by atoms with Gasteiger partial charge in [-0.05, 0) is 6.07 Å². The van der Waals surface area contributed by atoms with Gasteiger partial charge in [0.1, 0.15) is 16.9 Å². The first kappa shape index (κ1) is 22.3. The number of halogens is 2. The number of aromatic carboxylic acids is 1. The molecule has 0 saturated heterocycles. The fraction of sp³-hybridized carbons (Fsp3) is 0.167. The second-order valence-corrected chi connectivity index (χ2v) is 8.37. The first-order chi connectivity index (χ1) is 16.6. The van der Waals surface area contributed by atoms with Crippen LogP contribution in [0.2, 0.25) is 0 Å². The number of carboxylic acid groups (broad SMARTS) is 1. The Morgan fingerprint density at radius 2 is 1.91 bits per heavy atom. The largest absolute Gasteiger partial charge is 0.477 e. The minimum absolute atomic E-state index is 0.0419. The van der Waals surface area contributed by atoms with Gasteiger partial charge in [-0.25, -0.2) is 23.5 Å². The third-order valence-corrected chi connectivity index (χ3v) is 6.04. The molecule has 11 heteroatoms. The molecule has 178 valence electrons. The number of hydrogen-bond donors (Lipinski definition) is 3. The van der Waals surface area contributed by atoms with Gasteiger partial charge in [-0.3, -0.25) is 4.79 Å². The second-order valence-electron chi connectivity index (χ2n) is 8.37. The van der Waals surface area contributed by atoms with Crippen molar-refractivity contribution in [2.75, 3.05) is 31.4 Å². The molecule has 4 aromatic heterocycles. The molecular weight excluding hydrogens is 458 g/mol. The van der Waals surface area contributed by atoms with Gasteiger partial charge in [-0.15, -0.1) is 0 Å². The quantitative estimate of drug-likeness (QED) is 0.361. The molecule has 35 heavy (non-hydrogen) atoms. The van der Waals surface area contributed by atoms with Gasteiger partial charge >= 0.3 is 5.97 Å². The van der Waals surface area contributed by atoms with Crippen LogP contribution in [0, 0.1) is 11.6 Å². The molecule has 0 radical (unpaired) electrons. The molecule has 9 nitrogen and oxygen atoms in total. The Labute approximate surface area is 196 Å². The van der Waals surface area contributed by atoms with E-state index in [1.807, 2.05) is 0 Å². The highest BCUT2D eigenvalue weighted by atomic mass is 19.2. The highest BCUT2D eigenvalue weighted by molar-refractivity contribution is 6.18. The van der Waals surface area contributed by atoms with Crippen LogP contribution in [0.15, 0.2) is 35.5 Å². The molecule has 0 unspecified atom stereocenters. The van der Waals surface area contributed by atoms with Crippen molar-refractivity contribution >= 4 is 50.3 Å². The van der Waals surface area contributed by atoms with Crippen LogP contribution in [0.3, 0.4) is 0 Å². The SMILES string of the molecule is CNc1cc(F)c(F)c2c1[nH]c1ncc(-c3cnc4c(c3)c(=O)c(C(=O)O)cn4C)c(N(C)C)c12. The summed E-state index contributed by atoms with van der Waals surface area (Å²) < 4.78 is 31.0. The minimum atomic E-state index is -1.34. The maximum absolute atomic E-state index is 15.1. The molecule has 0 saturated carbocycles. The molecule has 0 aliphatic rings. The summed E-state index contributed by atoms with van der Waals surface area (Å²) in [5, 5.41) is 12.8. The molecule has 0 amide bonds. The first-order valence-corrected chi connectivity index (χ1v) is 10.5. The second kappa shape index (κ2) is 7.76. The van der Waals surface area contributed by atoms with Crippen molar-refractivity contribution in [1.29, 1.82) is 0 Å². The Bertz CT molecular complexity index is 1760. The molecule has 0 aliphatic heterocycles. The Morgan fingerprint density at radius 1 is 1.17 bits per heavy atom. The minimum Gasteiger partial charge on any atom is -0.477 e. The number of aryl methyl sites for hydroxylation is 1. The number of anilines is 2. The number of pyridine rings is 3. The van der Waals surface area contributed by atoms with E-state index in [0.29, 0.717) is 44.7 Å². The van der Waals surface area contributed by atoms with E-state index in [1.54, 1.807) is 39.3 Å². The number of aromatic amines is 1. The van der Waals surface area contributed by atoms with Crippen LogP contribution in [-0.4, -0.2) is 51.7 Å². The van der Waals surface area contributed by atoms with Crippen LogP contribution in [0.5, 0.6) is 0 Å². The van der Waals surface area contributed by atoms with Crippen LogP contribution < -0.4 is 15.6 Å². The summed E-state index contributed by atoms with van der Waals surface area (Å²) in [5.41, 5.74) is 1.86. The van der Waals surface area contributed by atoms with Crippen molar-refractivity contribution in [1.82, 2.24) is 19.5 Å². The number of carbonyl (C=O) groups is 1. The van der Waals surface area contributed by atoms with Crippen molar-refractivity contribution in [3.05, 3.63) is 58.1 Å². The summed E-state index contributed by atoms with van der Waals surface area (Å²) in [6.45, 7) is 0. The monoisotopic (exact) mass is 478 g/mol. The van der Waals surface area contributed by atoms with Crippen LogP contribution in [0.4, 0.5) is 20.2 Å². The zero-order chi connectivity index (χ0) is 25.2. The topological polar surface area (TPSA) is 116 Å². The summed E-state index contributed by atoms with van der Waals surface area (Å²) in [6, 6.07) is 2.62. The van der Waals surface area contributed by atoms with Crippen molar-refractivity contribution in [3.8, 4) is 11.1 Å². The van der Waals surface area contributed by atoms with E-state index in [2.05, 4.69) is 20.3 Å². The normalized spacial score (nSPS) is 11.5. The predicted octanol–water partition coefficient (Wildman–Crippen LogP) is 3.71. The lowest BCUT2D eigenvalue weighted by molar-refractivity contribution is 0.0695. The van der Waals surface area contributed by atoms with E-state index < -0.39 is 23.0 Å². The van der Waals surface area contributed by atoms with Gasteiger partial charge in [0.25, 0.3) is 0 Å². The summed E-state index contributed by atoms with van der Waals surface area (Å²) in [5.74, 6) is -3.36. The Hall–Kier alpha value is -4.54. The molecule has 1 aromatic carbocycles. The first-order valence-electron chi connectivity index (χ1n) is 10.5. The lowest BCUT2D eigenvalue weighted by Crippen LogP contribution is -2.18. The van der Waals surface area contributed by atoms with E-state index in [4.69, 9.17) is 0 Å². The molecule has 3 N–H and O–H groups in total. The van der Waals surface area contributed by atoms with Crippen LogP contribution >= 0.6 is 0 Å². The van der Waals surface area contributed by atoms with E-state index in [-0.39, 0.29) is 16.3 Å². The van der Waals surface area contributed by atoms with Gasteiger partial charge in [-0.1, -0.05) is 0 Å². The number of nitrogens with one attached hydrogen (secondary N) is 2. The maximum Gasteiger partial charge on any atom is 0.341 e. The predicted molar refractivity (Wildman–Crippen MR) is 130 cm³/mol. The van der Waals surface area contributed by atoms with Gasteiger partial charge in [0.2, 0.25) is 5.43 Å². The smallest absolute Gasteiger partial charge is 0.341 e. The number of aromatic nitrogens is 4. The number of benzene rings is 1. The van der Waals surface area contributed by atoms with Gasteiger partial charge in [0, 0.05) is 64.0 Å². The number of carboxylic acids is 1. The van der Waals surface area contributed by atoms with E-state index in [0.717, 1.165) is 6.07 Å². The van der Waals surface area contributed by atoms with Gasteiger partial charge in [0.05, 0.1) is 33.1 Å². The number of fused-ring (bicyclic) bond motifs is 4. The Kier molecular flexibility index (Phi) is 4.93. The fourth-order valence-electron chi connectivity index (χ4n) is 4.48. The number of hydrogen-bond acceptors (Lipinski definition) is 6. The molecule has 5 rings (SSSR count). The fourth-order valence-corrected chi connectivity index (χ4v) is 4.48. The van der Waals surface area contributed by atoms with Gasteiger partial charge in [0.15, 0.2) is 11.6 Å². The van der Waals surface area contributed by atoms with Gasteiger partial charge < -0.3 is 24.9 Å². The average molecular weight is 478 g/mol. The Morgan fingerprint density at radius 3 is 2.57 bits per heavy atom. The van der Waals surface area contributed by atoms with Crippen LogP contribution in [0.1, 0.15) is 10.4 Å². The third-order valence-electron chi connectivity index (χ3n) is 6.04. The molecule has 0 spiro atoms. The van der Waals surface area contributed by atoms with Crippen molar-refractivity contribution < 1.29 is 18.7 Å². The van der Waals surface area contributed by atoms with Crippen LogP contribution in [0.25, 0.3) is 44.1 Å². The lowest BCUT2D eigenvalue weighted by atomic mass is 10.0. The van der Waals surface area contributed by atoms with Crippen molar-refractivity contribution in [3.63, 3.8) is 0 Å². The van der Waals surface area contributed by atoms with Crippen LogP contribution in [-0.2, 0) is 7.05 Å².